The Kier molecular flexibility index (Phi) is 13.8. The summed E-state index contributed by atoms with van der Waals surface area (Å²) in [6.45, 7) is 10.9. The zero-order valence-electron chi connectivity index (χ0n) is 28.0. The summed E-state index contributed by atoms with van der Waals surface area (Å²) >= 11 is 0. The van der Waals surface area contributed by atoms with Crippen LogP contribution < -0.4 is 16.4 Å². The quantitative estimate of drug-likeness (QED) is 0.216. The van der Waals surface area contributed by atoms with Crippen molar-refractivity contribution in [1.82, 2.24) is 20.4 Å². The van der Waals surface area contributed by atoms with Gasteiger partial charge >= 0.3 is 12.1 Å². The summed E-state index contributed by atoms with van der Waals surface area (Å²) in [5.41, 5.74) is 6.21. The molecule has 0 aliphatic heterocycles. The van der Waals surface area contributed by atoms with Crippen LogP contribution in [0.5, 0.6) is 0 Å². The zero-order valence-corrected chi connectivity index (χ0v) is 28.0. The van der Waals surface area contributed by atoms with E-state index in [4.69, 9.17) is 10.5 Å². The molecule has 6 N–H and O–H groups in total. The number of benzene rings is 2. The second-order valence-corrected chi connectivity index (χ2v) is 13.7. The number of carbonyl (C=O) groups excluding carboxylic acids is 3. The first-order valence-electron chi connectivity index (χ1n) is 15.3. The van der Waals surface area contributed by atoms with Gasteiger partial charge in [-0.15, -0.1) is 0 Å². The largest absolute Gasteiger partial charge is 0.444 e. The van der Waals surface area contributed by atoms with Gasteiger partial charge in [-0.25, -0.2) is 9.59 Å². The van der Waals surface area contributed by atoms with Crippen molar-refractivity contribution in [3.05, 3.63) is 71.8 Å². The van der Waals surface area contributed by atoms with Gasteiger partial charge in [-0.3, -0.25) is 4.79 Å². The number of aliphatic hydroxyl groups excluding tert-OH is 2. The lowest BCUT2D eigenvalue weighted by Gasteiger charge is -2.40. The molecule has 0 radical (unpaired) electrons. The van der Waals surface area contributed by atoms with Gasteiger partial charge < -0.3 is 41.1 Å². The third-order valence-corrected chi connectivity index (χ3v) is 7.48. The van der Waals surface area contributed by atoms with Crippen molar-refractivity contribution in [2.45, 2.75) is 90.3 Å². The molecule has 2 aromatic carbocycles. The molecule has 11 heteroatoms. The summed E-state index contributed by atoms with van der Waals surface area (Å²) in [6, 6.07) is 16.3. The van der Waals surface area contributed by atoms with Crippen molar-refractivity contribution in [1.29, 1.82) is 0 Å². The van der Waals surface area contributed by atoms with E-state index in [2.05, 4.69) is 10.6 Å². The third-order valence-electron chi connectivity index (χ3n) is 7.48. The van der Waals surface area contributed by atoms with E-state index in [0.29, 0.717) is 12.8 Å². The fourth-order valence-electron chi connectivity index (χ4n) is 5.35. The number of primary amides is 1. The minimum Gasteiger partial charge on any atom is -0.444 e. The Morgan fingerprint density at radius 1 is 0.800 bits per heavy atom. The predicted octanol–water partition coefficient (Wildman–Crippen LogP) is 2.93. The molecule has 0 aliphatic carbocycles. The molecule has 0 saturated heterocycles. The van der Waals surface area contributed by atoms with E-state index in [1.54, 1.807) is 27.8 Å². The second kappa shape index (κ2) is 16.6. The van der Waals surface area contributed by atoms with Gasteiger partial charge in [-0.05, 0) is 50.2 Å². The normalized spacial score (nSPS) is 15.2. The van der Waals surface area contributed by atoms with Crippen molar-refractivity contribution in [2.24, 2.45) is 11.1 Å². The summed E-state index contributed by atoms with van der Waals surface area (Å²) in [6.07, 6.45) is -2.01. The lowest BCUT2D eigenvalue weighted by Crippen LogP contribution is -2.59. The first kappa shape index (κ1) is 37.5. The number of hydrogen-bond donors (Lipinski definition) is 5. The first-order chi connectivity index (χ1) is 20.9. The summed E-state index contributed by atoms with van der Waals surface area (Å²) < 4.78 is 5.42. The van der Waals surface area contributed by atoms with Crippen LogP contribution in [0.25, 0.3) is 0 Å². The molecular formula is C34H53N5O6. The Morgan fingerprint density at radius 3 is 1.76 bits per heavy atom. The van der Waals surface area contributed by atoms with Crippen LogP contribution in [0.3, 0.4) is 0 Å². The molecule has 2 aromatic rings. The van der Waals surface area contributed by atoms with Crippen molar-refractivity contribution in [3.8, 4) is 0 Å². The Morgan fingerprint density at radius 2 is 1.29 bits per heavy atom. The Hall–Kier alpha value is -3.67. The van der Waals surface area contributed by atoms with Crippen LogP contribution in [-0.2, 0) is 22.4 Å². The predicted molar refractivity (Wildman–Crippen MR) is 175 cm³/mol. The van der Waals surface area contributed by atoms with Crippen LogP contribution in [0.2, 0.25) is 0 Å². The van der Waals surface area contributed by atoms with Crippen molar-refractivity contribution < 1.29 is 29.3 Å². The van der Waals surface area contributed by atoms with Crippen molar-refractivity contribution in [3.63, 3.8) is 0 Å². The Labute approximate surface area is 268 Å². The van der Waals surface area contributed by atoms with Crippen molar-refractivity contribution in [2.75, 3.05) is 27.2 Å². The highest BCUT2D eigenvalue weighted by Crippen LogP contribution is 2.25. The number of alkyl carbamates (subject to hydrolysis) is 1. The maximum Gasteiger partial charge on any atom is 0.407 e. The molecule has 0 heterocycles. The number of carbonyl (C=O) groups is 3. The summed E-state index contributed by atoms with van der Waals surface area (Å²) in [5, 5.41) is 28.4. The average molecular weight is 628 g/mol. The van der Waals surface area contributed by atoms with Gasteiger partial charge in [-0.2, -0.15) is 0 Å². The number of aliphatic hydroxyl groups is 2. The number of amides is 4. The lowest BCUT2D eigenvalue weighted by atomic mass is 9.85. The van der Waals surface area contributed by atoms with Crippen LogP contribution >= 0.6 is 0 Å². The van der Waals surface area contributed by atoms with E-state index in [1.165, 1.54) is 16.8 Å². The van der Waals surface area contributed by atoms with E-state index < -0.39 is 59.4 Å². The van der Waals surface area contributed by atoms with Crippen LogP contribution in [-0.4, -0.2) is 101 Å². The fourth-order valence-corrected chi connectivity index (χ4v) is 5.35. The highest BCUT2D eigenvalue weighted by molar-refractivity contribution is 5.86. The van der Waals surface area contributed by atoms with Gasteiger partial charge in [0.15, 0.2) is 0 Å². The maximum atomic E-state index is 13.6. The standard InChI is InChI=1S/C34H53N5O6/c1-33(2,3)29(30(35)42)39(8)32(44)38(7)26(20-24-17-13-10-14-18-24)28(41)22-36-21-27(40)25(19-23-15-11-9-12-16-23)37-31(43)45-34(4,5)6/h9-18,25-29,36,40-41H,19-22H2,1-8H3,(H2,35,42)(H,37,43)/t25-,26-,27?,28?,29-/m1/s1. The molecule has 45 heavy (non-hydrogen) atoms. The number of nitrogens with one attached hydrogen (secondary N) is 2. The topological polar surface area (TPSA) is 157 Å². The molecule has 11 nitrogen and oxygen atoms in total. The first-order valence-corrected chi connectivity index (χ1v) is 15.3. The van der Waals surface area contributed by atoms with E-state index in [9.17, 15) is 24.6 Å². The second-order valence-electron chi connectivity index (χ2n) is 13.7. The van der Waals surface area contributed by atoms with Gasteiger partial charge in [-0.1, -0.05) is 81.4 Å². The molecule has 0 aliphatic rings. The van der Waals surface area contributed by atoms with Crippen LogP contribution in [0.1, 0.15) is 52.7 Å². The van der Waals surface area contributed by atoms with Gasteiger partial charge in [0.05, 0.1) is 24.3 Å². The molecule has 2 unspecified atom stereocenters. The van der Waals surface area contributed by atoms with Crippen LogP contribution in [0.15, 0.2) is 60.7 Å². The monoisotopic (exact) mass is 627 g/mol. The van der Waals surface area contributed by atoms with Crippen molar-refractivity contribution >= 4 is 18.0 Å². The smallest absolute Gasteiger partial charge is 0.407 e. The van der Waals surface area contributed by atoms with Crippen LogP contribution in [0, 0.1) is 5.41 Å². The van der Waals surface area contributed by atoms with E-state index in [0.717, 1.165) is 11.1 Å². The number of rotatable bonds is 14. The van der Waals surface area contributed by atoms with E-state index in [1.807, 2.05) is 81.4 Å². The van der Waals surface area contributed by atoms with Crippen LogP contribution in [0.4, 0.5) is 9.59 Å². The Bertz CT molecular complexity index is 1220. The molecule has 2 rings (SSSR count). The number of urea groups is 1. The van der Waals surface area contributed by atoms with E-state index >= 15 is 0 Å². The number of nitrogens with two attached hydrogens (primary N) is 1. The molecule has 0 bridgehead atoms. The number of nitrogens with zero attached hydrogens (tertiary/aromatic N) is 2. The minimum atomic E-state index is -1.05. The third kappa shape index (κ3) is 12.3. The molecule has 4 amide bonds. The molecule has 5 atom stereocenters. The van der Waals surface area contributed by atoms with E-state index in [-0.39, 0.29) is 13.1 Å². The molecule has 0 spiro atoms. The molecule has 0 fully saturated rings. The zero-order chi connectivity index (χ0) is 33.9. The molecule has 0 aromatic heterocycles. The highest BCUT2D eigenvalue weighted by atomic mass is 16.6. The van der Waals surface area contributed by atoms with Gasteiger partial charge in [0.1, 0.15) is 11.6 Å². The van der Waals surface area contributed by atoms with Gasteiger partial charge in [0.2, 0.25) is 5.91 Å². The number of likely N-dealkylation sites (N-methyl/N-ethyl adjacent to an activating group) is 2. The summed E-state index contributed by atoms with van der Waals surface area (Å²) in [5.74, 6) is -0.618. The maximum absolute atomic E-state index is 13.6. The lowest BCUT2D eigenvalue weighted by molar-refractivity contribution is -0.125. The van der Waals surface area contributed by atoms with Gasteiger partial charge in [0.25, 0.3) is 0 Å². The fraction of sp³-hybridized carbons (Fsp3) is 0.559. The average Bonchev–Trinajstić information content (AvgIpc) is 2.93. The SMILES string of the molecule is CN(C(=O)N(C)[C@H](C(N)=O)C(C)(C)C)[C@H](Cc1ccccc1)C(O)CNCC(O)[C@@H](Cc1ccccc1)NC(=O)OC(C)(C)C. The molecule has 250 valence electrons. The minimum absolute atomic E-state index is 0.0406. The summed E-state index contributed by atoms with van der Waals surface area (Å²) in [7, 11) is 3.12. The summed E-state index contributed by atoms with van der Waals surface area (Å²) in [4.78, 5) is 41.3. The Balaban J connectivity index is 2.19. The molecule has 0 saturated carbocycles. The molecular weight excluding hydrogens is 574 g/mol. The number of hydrogen-bond acceptors (Lipinski definition) is 7. The van der Waals surface area contributed by atoms with Gasteiger partial charge in [0, 0.05) is 27.2 Å². The highest BCUT2D eigenvalue weighted by Gasteiger charge is 2.39. The number of ether oxygens (including phenoxy) is 1.